The van der Waals surface area contributed by atoms with Gasteiger partial charge in [-0.3, -0.25) is 0 Å². The van der Waals surface area contributed by atoms with Gasteiger partial charge in [0.15, 0.2) is 5.96 Å². The lowest BCUT2D eigenvalue weighted by atomic mass is 10.1. The van der Waals surface area contributed by atoms with Crippen LogP contribution in [0.1, 0.15) is 33.5 Å². The van der Waals surface area contributed by atoms with Crippen molar-refractivity contribution in [1.82, 2.24) is 15.6 Å². The quantitative estimate of drug-likeness (QED) is 0.391. The van der Waals surface area contributed by atoms with E-state index in [-0.39, 0.29) is 24.0 Å². The molecule has 2 aromatic rings. The summed E-state index contributed by atoms with van der Waals surface area (Å²) in [6, 6.07) is 6.71. The number of nitrogens with zero attached hydrogens (tertiary/aromatic N) is 2. The summed E-state index contributed by atoms with van der Waals surface area (Å²) in [6.07, 6.45) is 2.90. The van der Waals surface area contributed by atoms with E-state index in [1.807, 2.05) is 13.1 Å². The van der Waals surface area contributed by atoms with Gasteiger partial charge in [-0.1, -0.05) is 29.3 Å². The fraction of sp³-hybridized carbons (Fsp3) is 0.444. The summed E-state index contributed by atoms with van der Waals surface area (Å²) in [5.74, 6) is 0.864. The van der Waals surface area contributed by atoms with Crippen molar-refractivity contribution in [3.8, 4) is 0 Å². The van der Waals surface area contributed by atoms with Crippen LogP contribution in [-0.2, 0) is 13.0 Å². The molecule has 0 fully saturated rings. The second kappa shape index (κ2) is 10.7. The van der Waals surface area contributed by atoms with E-state index >= 15 is 0 Å². The lowest BCUT2D eigenvalue weighted by Gasteiger charge is -2.11. The van der Waals surface area contributed by atoms with Gasteiger partial charge in [0.2, 0.25) is 0 Å². The molecule has 4 nitrogen and oxygen atoms in total. The number of nitrogens with one attached hydrogen (secondary N) is 2. The molecule has 0 radical (unpaired) electrons. The third-order valence-electron chi connectivity index (χ3n) is 3.39. The molecule has 132 valence electrons. The first kappa shape index (κ1) is 20.9. The highest BCUT2D eigenvalue weighted by Crippen LogP contribution is 2.12. The Morgan fingerprint density at radius 2 is 1.83 bits per heavy atom. The minimum Gasteiger partial charge on any atom is -0.357 e. The molecule has 0 bridgehead atoms. The first-order valence-electron chi connectivity index (χ1n) is 8.07. The number of aryl methyl sites for hydroxylation is 3. The maximum absolute atomic E-state index is 4.63. The van der Waals surface area contributed by atoms with Gasteiger partial charge in [-0.2, -0.15) is 0 Å². The van der Waals surface area contributed by atoms with Crippen molar-refractivity contribution in [3.05, 3.63) is 51.0 Å². The molecule has 0 unspecified atom stereocenters. The Morgan fingerprint density at radius 3 is 2.42 bits per heavy atom. The fourth-order valence-corrected chi connectivity index (χ4v) is 3.24. The molecule has 1 aromatic heterocycles. The minimum absolute atomic E-state index is 0. The Balaban J connectivity index is 0.00000288. The predicted molar refractivity (Wildman–Crippen MR) is 115 cm³/mol. The van der Waals surface area contributed by atoms with Crippen LogP contribution in [0.15, 0.2) is 29.4 Å². The van der Waals surface area contributed by atoms with Crippen LogP contribution in [0.2, 0.25) is 0 Å². The first-order chi connectivity index (χ1) is 11.1. The number of thiazole rings is 1. The van der Waals surface area contributed by atoms with E-state index in [0.717, 1.165) is 30.5 Å². The van der Waals surface area contributed by atoms with Gasteiger partial charge in [0.25, 0.3) is 0 Å². The van der Waals surface area contributed by atoms with Gasteiger partial charge in [-0.25, -0.2) is 9.98 Å². The van der Waals surface area contributed by atoms with Gasteiger partial charge in [-0.15, -0.1) is 35.3 Å². The van der Waals surface area contributed by atoms with Crippen molar-refractivity contribution < 1.29 is 0 Å². The van der Waals surface area contributed by atoms with E-state index in [1.165, 1.54) is 21.6 Å². The van der Waals surface area contributed by atoms with Gasteiger partial charge in [-0.05, 0) is 39.7 Å². The molecule has 2 rings (SSSR count). The molecule has 6 heteroatoms. The number of hydrogen-bond acceptors (Lipinski definition) is 3. The van der Waals surface area contributed by atoms with E-state index in [1.54, 1.807) is 11.3 Å². The number of aromatic nitrogens is 1. The van der Waals surface area contributed by atoms with Crippen molar-refractivity contribution in [2.45, 2.75) is 40.7 Å². The third-order valence-corrected chi connectivity index (χ3v) is 4.29. The summed E-state index contributed by atoms with van der Waals surface area (Å²) in [7, 11) is 0. The van der Waals surface area contributed by atoms with Crippen LogP contribution in [-0.4, -0.2) is 24.0 Å². The fourth-order valence-electron chi connectivity index (χ4n) is 2.52. The molecule has 2 N–H and O–H groups in total. The molecular formula is C18H27IN4S. The molecule has 0 aliphatic heterocycles. The number of hydrogen-bond donors (Lipinski definition) is 2. The van der Waals surface area contributed by atoms with E-state index in [4.69, 9.17) is 0 Å². The smallest absolute Gasteiger partial charge is 0.191 e. The number of guanidine groups is 1. The van der Waals surface area contributed by atoms with Gasteiger partial charge >= 0.3 is 0 Å². The maximum atomic E-state index is 4.63. The highest BCUT2D eigenvalue weighted by atomic mass is 127. The summed E-state index contributed by atoms with van der Waals surface area (Å²) >= 11 is 1.70. The average Bonchev–Trinajstić information content (AvgIpc) is 2.89. The van der Waals surface area contributed by atoms with Gasteiger partial charge < -0.3 is 10.6 Å². The molecule has 24 heavy (non-hydrogen) atoms. The largest absolute Gasteiger partial charge is 0.357 e. The topological polar surface area (TPSA) is 49.3 Å². The van der Waals surface area contributed by atoms with Crippen molar-refractivity contribution in [3.63, 3.8) is 0 Å². The van der Waals surface area contributed by atoms with E-state index in [2.05, 4.69) is 59.6 Å². The normalized spacial score (nSPS) is 11.1. The number of benzene rings is 1. The zero-order valence-corrected chi connectivity index (χ0v) is 18.0. The van der Waals surface area contributed by atoms with E-state index < -0.39 is 0 Å². The standard InChI is InChI=1S/C18H26N4S.HI/c1-5-19-18(22-12-17-11-21-15(4)23-17)20-7-6-16-9-13(2)8-14(3)10-16;/h8-11H,5-7,12H2,1-4H3,(H2,19,20,22);1H. The highest BCUT2D eigenvalue weighted by Gasteiger charge is 2.01. The lowest BCUT2D eigenvalue weighted by Crippen LogP contribution is -2.38. The van der Waals surface area contributed by atoms with Crippen LogP contribution < -0.4 is 10.6 Å². The number of aliphatic imine (C=N–C) groups is 1. The van der Waals surface area contributed by atoms with Crippen molar-refractivity contribution >= 4 is 41.3 Å². The zero-order chi connectivity index (χ0) is 16.7. The van der Waals surface area contributed by atoms with Gasteiger partial charge in [0.05, 0.1) is 11.6 Å². The van der Waals surface area contributed by atoms with E-state index in [0.29, 0.717) is 6.54 Å². The van der Waals surface area contributed by atoms with Crippen LogP contribution in [0.25, 0.3) is 0 Å². The molecule has 0 amide bonds. The second-order valence-corrected chi connectivity index (χ2v) is 7.03. The molecule has 0 saturated carbocycles. The highest BCUT2D eigenvalue weighted by molar-refractivity contribution is 14.0. The van der Waals surface area contributed by atoms with Crippen molar-refractivity contribution in [2.24, 2.45) is 4.99 Å². The monoisotopic (exact) mass is 458 g/mol. The van der Waals surface area contributed by atoms with E-state index in [9.17, 15) is 0 Å². The molecule has 0 spiro atoms. The van der Waals surface area contributed by atoms with Crippen LogP contribution in [0, 0.1) is 20.8 Å². The molecule has 1 heterocycles. The zero-order valence-electron chi connectivity index (χ0n) is 14.8. The van der Waals surface area contributed by atoms with Gasteiger partial charge in [0, 0.05) is 24.2 Å². The molecule has 0 aliphatic carbocycles. The molecule has 0 atom stereocenters. The molecule has 0 aliphatic rings. The Hall–Kier alpha value is -1.15. The number of rotatable bonds is 6. The summed E-state index contributed by atoms with van der Waals surface area (Å²) in [4.78, 5) is 10.1. The number of halogens is 1. The second-order valence-electron chi connectivity index (χ2n) is 5.71. The van der Waals surface area contributed by atoms with Gasteiger partial charge in [0.1, 0.15) is 0 Å². The van der Waals surface area contributed by atoms with Crippen LogP contribution in [0.5, 0.6) is 0 Å². The lowest BCUT2D eigenvalue weighted by molar-refractivity contribution is 0.800. The van der Waals surface area contributed by atoms with Crippen molar-refractivity contribution in [1.29, 1.82) is 0 Å². The van der Waals surface area contributed by atoms with Crippen molar-refractivity contribution in [2.75, 3.05) is 13.1 Å². The van der Waals surface area contributed by atoms with Crippen LogP contribution in [0.4, 0.5) is 0 Å². The Morgan fingerprint density at radius 1 is 1.12 bits per heavy atom. The minimum atomic E-state index is 0. The Bertz CT molecular complexity index is 647. The summed E-state index contributed by atoms with van der Waals surface area (Å²) in [5.41, 5.74) is 4.01. The summed E-state index contributed by atoms with van der Waals surface area (Å²) in [5, 5.41) is 7.79. The molecule has 1 aromatic carbocycles. The average molecular weight is 458 g/mol. The maximum Gasteiger partial charge on any atom is 0.191 e. The third kappa shape index (κ3) is 7.17. The first-order valence-corrected chi connectivity index (χ1v) is 8.89. The Labute approximate surface area is 166 Å². The summed E-state index contributed by atoms with van der Waals surface area (Å²) in [6.45, 7) is 10.8. The van der Waals surface area contributed by atoms with Crippen LogP contribution >= 0.6 is 35.3 Å². The van der Waals surface area contributed by atoms with Crippen LogP contribution in [0.3, 0.4) is 0 Å². The predicted octanol–water partition coefficient (Wildman–Crippen LogP) is 3.98. The SMILES string of the molecule is CCNC(=NCc1cnc(C)s1)NCCc1cc(C)cc(C)c1.I. The summed E-state index contributed by atoms with van der Waals surface area (Å²) < 4.78 is 0. The molecular weight excluding hydrogens is 431 g/mol. The Kier molecular flexibility index (Phi) is 9.28. The molecule has 0 saturated heterocycles.